The van der Waals surface area contributed by atoms with Gasteiger partial charge in [0, 0.05) is 18.7 Å². The van der Waals surface area contributed by atoms with Gasteiger partial charge < -0.3 is 20.5 Å². The van der Waals surface area contributed by atoms with Gasteiger partial charge in [0.15, 0.2) is 0 Å². The molecule has 0 bridgehead atoms. The Morgan fingerprint density at radius 1 is 1.41 bits per heavy atom. The summed E-state index contributed by atoms with van der Waals surface area (Å²) in [5, 5.41) is 2.77. The Balaban J connectivity index is 2.93. The molecule has 1 aromatic carbocycles. The molecule has 0 aromatic heterocycles. The summed E-state index contributed by atoms with van der Waals surface area (Å²) in [4.78, 5) is 11.9. The topological polar surface area (TPSA) is 73.6 Å². The van der Waals surface area contributed by atoms with Crippen LogP contribution in [0.25, 0.3) is 0 Å². The summed E-state index contributed by atoms with van der Waals surface area (Å²) in [5.74, 6) is 0.916. The number of rotatable bonds is 5. The van der Waals surface area contributed by atoms with Gasteiger partial charge in [0.2, 0.25) is 0 Å². The van der Waals surface area contributed by atoms with E-state index in [9.17, 15) is 4.79 Å². The Kier molecular flexibility index (Phi) is 4.78. The van der Waals surface area contributed by atoms with E-state index in [2.05, 4.69) is 5.32 Å². The second kappa shape index (κ2) is 6.10. The largest absolute Gasteiger partial charge is 0.497 e. The molecule has 0 radical (unpaired) electrons. The van der Waals surface area contributed by atoms with Gasteiger partial charge in [-0.3, -0.25) is 4.79 Å². The van der Waals surface area contributed by atoms with Gasteiger partial charge in [-0.2, -0.15) is 0 Å². The number of hydrogen-bond acceptors (Lipinski definition) is 4. The van der Waals surface area contributed by atoms with Gasteiger partial charge in [-0.15, -0.1) is 0 Å². The van der Waals surface area contributed by atoms with Crippen LogP contribution in [0.5, 0.6) is 11.5 Å². The number of hydrogen-bond donors (Lipinski definition) is 2. The summed E-state index contributed by atoms with van der Waals surface area (Å²) >= 11 is 0. The van der Waals surface area contributed by atoms with Gasteiger partial charge in [-0.05, 0) is 19.1 Å². The van der Waals surface area contributed by atoms with Crippen molar-refractivity contribution in [3.63, 3.8) is 0 Å². The quantitative estimate of drug-likeness (QED) is 0.795. The van der Waals surface area contributed by atoms with Gasteiger partial charge in [0.1, 0.15) is 11.5 Å². The standard InChI is InChI=1S/C12H18N2O3/c1-8(7-13)14-12(15)10-5-4-9(16-2)6-11(10)17-3/h4-6,8H,7,13H2,1-3H3,(H,14,15). The minimum atomic E-state index is -0.206. The van der Waals surface area contributed by atoms with Crippen molar-refractivity contribution in [2.24, 2.45) is 5.73 Å². The molecule has 0 aliphatic carbocycles. The molecule has 0 saturated heterocycles. The second-order valence-corrected chi connectivity index (χ2v) is 3.68. The first kappa shape index (κ1) is 13.3. The first-order valence-electron chi connectivity index (χ1n) is 5.35. The predicted octanol–water partition coefficient (Wildman–Crippen LogP) is 0.781. The lowest BCUT2D eigenvalue weighted by Crippen LogP contribution is -2.37. The van der Waals surface area contributed by atoms with Crippen molar-refractivity contribution in [2.75, 3.05) is 20.8 Å². The number of amides is 1. The van der Waals surface area contributed by atoms with Crippen LogP contribution in [0.15, 0.2) is 18.2 Å². The molecule has 0 saturated carbocycles. The van der Waals surface area contributed by atoms with Crippen molar-refractivity contribution in [1.82, 2.24) is 5.32 Å². The zero-order valence-corrected chi connectivity index (χ0v) is 10.3. The van der Waals surface area contributed by atoms with E-state index in [0.29, 0.717) is 23.6 Å². The first-order valence-corrected chi connectivity index (χ1v) is 5.35. The van der Waals surface area contributed by atoms with Crippen LogP contribution >= 0.6 is 0 Å². The summed E-state index contributed by atoms with van der Waals surface area (Å²) < 4.78 is 10.2. The number of methoxy groups -OCH3 is 2. The molecule has 3 N–H and O–H groups in total. The number of benzene rings is 1. The third-order valence-corrected chi connectivity index (χ3v) is 2.38. The van der Waals surface area contributed by atoms with E-state index in [0.717, 1.165) is 0 Å². The van der Waals surface area contributed by atoms with Gasteiger partial charge in [0.25, 0.3) is 5.91 Å². The Morgan fingerprint density at radius 2 is 2.12 bits per heavy atom. The summed E-state index contributed by atoms with van der Waals surface area (Å²) in [6.45, 7) is 2.23. The number of carbonyl (C=O) groups excluding carboxylic acids is 1. The summed E-state index contributed by atoms with van der Waals surface area (Å²) in [6.07, 6.45) is 0. The Hall–Kier alpha value is -1.75. The van der Waals surface area contributed by atoms with Crippen LogP contribution in [0.3, 0.4) is 0 Å². The molecule has 5 nitrogen and oxygen atoms in total. The Bertz CT molecular complexity index is 393. The van der Waals surface area contributed by atoms with Gasteiger partial charge in [-0.25, -0.2) is 0 Å². The lowest BCUT2D eigenvalue weighted by Gasteiger charge is -2.14. The number of nitrogens with one attached hydrogen (secondary N) is 1. The van der Waals surface area contributed by atoms with E-state index >= 15 is 0 Å². The minimum absolute atomic E-state index is 0.0747. The fourth-order valence-electron chi connectivity index (χ4n) is 1.35. The average molecular weight is 238 g/mol. The maximum Gasteiger partial charge on any atom is 0.255 e. The number of nitrogens with two attached hydrogens (primary N) is 1. The van der Waals surface area contributed by atoms with Crippen LogP contribution in [0.1, 0.15) is 17.3 Å². The fraction of sp³-hybridized carbons (Fsp3) is 0.417. The number of ether oxygens (including phenoxy) is 2. The van der Waals surface area contributed by atoms with E-state index in [1.165, 1.54) is 7.11 Å². The van der Waals surface area contributed by atoms with E-state index in [4.69, 9.17) is 15.2 Å². The van der Waals surface area contributed by atoms with Crippen molar-refractivity contribution < 1.29 is 14.3 Å². The van der Waals surface area contributed by atoms with E-state index in [-0.39, 0.29) is 11.9 Å². The molecule has 1 unspecified atom stereocenters. The third-order valence-electron chi connectivity index (χ3n) is 2.38. The molecule has 1 atom stereocenters. The van der Waals surface area contributed by atoms with Crippen molar-refractivity contribution >= 4 is 5.91 Å². The molecule has 1 rings (SSSR count). The highest BCUT2D eigenvalue weighted by atomic mass is 16.5. The molecule has 0 aliphatic heterocycles. The predicted molar refractivity (Wildman–Crippen MR) is 65.5 cm³/mol. The zero-order valence-electron chi connectivity index (χ0n) is 10.3. The van der Waals surface area contributed by atoms with Crippen molar-refractivity contribution in [3.8, 4) is 11.5 Å². The molecule has 0 heterocycles. The van der Waals surface area contributed by atoms with Crippen LogP contribution in [-0.4, -0.2) is 32.7 Å². The van der Waals surface area contributed by atoms with Crippen molar-refractivity contribution in [3.05, 3.63) is 23.8 Å². The van der Waals surface area contributed by atoms with E-state index < -0.39 is 0 Å². The van der Waals surface area contributed by atoms with Crippen LogP contribution < -0.4 is 20.5 Å². The van der Waals surface area contributed by atoms with Crippen LogP contribution in [0.4, 0.5) is 0 Å². The molecule has 0 spiro atoms. The second-order valence-electron chi connectivity index (χ2n) is 3.68. The summed E-state index contributed by atoms with van der Waals surface area (Å²) in [6, 6.07) is 4.97. The third kappa shape index (κ3) is 3.35. The smallest absolute Gasteiger partial charge is 0.255 e. The van der Waals surface area contributed by atoms with Crippen molar-refractivity contribution in [1.29, 1.82) is 0 Å². The Morgan fingerprint density at radius 3 is 2.65 bits per heavy atom. The van der Waals surface area contributed by atoms with Gasteiger partial charge in [0.05, 0.1) is 19.8 Å². The molecule has 0 fully saturated rings. The molecule has 94 valence electrons. The van der Waals surface area contributed by atoms with E-state index in [1.54, 1.807) is 25.3 Å². The van der Waals surface area contributed by atoms with Crippen LogP contribution in [0.2, 0.25) is 0 Å². The average Bonchev–Trinajstić information content (AvgIpc) is 2.37. The first-order chi connectivity index (χ1) is 8.12. The fourth-order valence-corrected chi connectivity index (χ4v) is 1.35. The normalized spacial score (nSPS) is 11.8. The highest BCUT2D eigenvalue weighted by molar-refractivity contribution is 5.97. The maximum atomic E-state index is 11.9. The summed E-state index contributed by atoms with van der Waals surface area (Å²) in [5.41, 5.74) is 5.91. The Labute approximate surface area is 101 Å². The molecular formula is C12H18N2O3. The minimum Gasteiger partial charge on any atom is -0.497 e. The van der Waals surface area contributed by atoms with Crippen LogP contribution in [0, 0.1) is 0 Å². The van der Waals surface area contributed by atoms with Crippen LogP contribution in [-0.2, 0) is 0 Å². The lowest BCUT2D eigenvalue weighted by atomic mass is 10.1. The lowest BCUT2D eigenvalue weighted by molar-refractivity contribution is 0.0938. The highest BCUT2D eigenvalue weighted by Crippen LogP contribution is 2.24. The molecule has 5 heteroatoms. The molecule has 17 heavy (non-hydrogen) atoms. The monoisotopic (exact) mass is 238 g/mol. The summed E-state index contributed by atoms with van der Waals surface area (Å²) in [7, 11) is 3.07. The molecule has 1 aromatic rings. The maximum absolute atomic E-state index is 11.9. The van der Waals surface area contributed by atoms with Gasteiger partial charge >= 0.3 is 0 Å². The van der Waals surface area contributed by atoms with E-state index in [1.807, 2.05) is 6.92 Å². The SMILES string of the molecule is COc1ccc(C(=O)NC(C)CN)c(OC)c1. The number of carbonyl (C=O) groups is 1. The zero-order chi connectivity index (χ0) is 12.8. The molecular weight excluding hydrogens is 220 g/mol. The molecule has 1 amide bonds. The highest BCUT2D eigenvalue weighted by Gasteiger charge is 2.14. The van der Waals surface area contributed by atoms with Crippen molar-refractivity contribution in [2.45, 2.75) is 13.0 Å². The molecule has 0 aliphatic rings. The van der Waals surface area contributed by atoms with Gasteiger partial charge in [-0.1, -0.05) is 0 Å².